The fourth-order valence-electron chi connectivity index (χ4n) is 0.775. The van der Waals surface area contributed by atoms with Crippen molar-refractivity contribution >= 4 is 43.5 Å². The first-order valence-corrected chi connectivity index (χ1v) is 5.39. The van der Waals surface area contributed by atoms with E-state index in [1.807, 2.05) is 13.0 Å². The predicted molar refractivity (Wildman–Crippen MR) is 58.0 cm³/mol. The van der Waals surface area contributed by atoms with Crippen LogP contribution in [0, 0.1) is 0 Å². The van der Waals surface area contributed by atoms with Crippen LogP contribution < -0.4 is 4.74 Å². The molecule has 0 aromatic heterocycles. The highest BCUT2D eigenvalue weighted by Crippen LogP contribution is 2.37. The molecule has 1 rings (SSSR count). The van der Waals surface area contributed by atoms with Gasteiger partial charge in [0.15, 0.2) is 0 Å². The predicted octanol–water partition coefficient (Wildman–Crippen LogP) is 4.26. The molecule has 0 saturated heterocycles. The molecule has 1 aromatic carbocycles. The van der Waals surface area contributed by atoms with Crippen molar-refractivity contribution in [3.8, 4) is 5.75 Å². The molecule has 12 heavy (non-hydrogen) atoms. The third-order valence-electron chi connectivity index (χ3n) is 1.30. The van der Waals surface area contributed by atoms with Crippen molar-refractivity contribution in [2.45, 2.75) is 6.92 Å². The molecule has 0 fully saturated rings. The first kappa shape index (κ1) is 10.4. The number of halogens is 3. The second-order valence-corrected chi connectivity index (χ2v) is 4.10. The summed E-state index contributed by atoms with van der Waals surface area (Å²) in [6.45, 7) is 2.58. The average Bonchev–Trinajstić information content (AvgIpc) is 2.07. The highest BCUT2D eigenvalue weighted by atomic mass is 79.9. The summed E-state index contributed by atoms with van der Waals surface area (Å²) < 4.78 is 7.02. The van der Waals surface area contributed by atoms with Crippen LogP contribution in [0.5, 0.6) is 5.75 Å². The lowest BCUT2D eigenvalue weighted by atomic mass is 10.3. The summed E-state index contributed by atoms with van der Waals surface area (Å²) in [5.41, 5.74) is 0. The Morgan fingerprint density at radius 3 is 2.58 bits per heavy atom. The smallest absolute Gasteiger partial charge is 0.134 e. The van der Waals surface area contributed by atoms with Crippen LogP contribution in [0.2, 0.25) is 5.02 Å². The molecule has 0 aliphatic heterocycles. The van der Waals surface area contributed by atoms with Gasteiger partial charge >= 0.3 is 0 Å². The van der Waals surface area contributed by atoms with Crippen LogP contribution in [0.4, 0.5) is 0 Å². The lowest BCUT2D eigenvalue weighted by Gasteiger charge is -2.07. The van der Waals surface area contributed by atoms with E-state index < -0.39 is 0 Å². The van der Waals surface area contributed by atoms with Gasteiger partial charge in [0, 0.05) is 0 Å². The van der Waals surface area contributed by atoms with Gasteiger partial charge in [0.2, 0.25) is 0 Å². The molecule has 0 heterocycles. The van der Waals surface area contributed by atoms with Crippen molar-refractivity contribution in [2.75, 3.05) is 6.61 Å². The van der Waals surface area contributed by atoms with E-state index in [-0.39, 0.29) is 0 Å². The summed E-state index contributed by atoms with van der Waals surface area (Å²) in [5.74, 6) is 0.800. The second-order valence-electron chi connectivity index (χ2n) is 2.11. The van der Waals surface area contributed by atoms with Crippen LogP contribution in [-0.4, -0.2) is 6.61 Å². The van der Waals surface area contributed by atoms with Gasteiger partial charge in [-0.2, -0.15) is 0 Å². The molecule has 0 atom stereocenters. The van der Waals surface area contributed by atoms with E-state index in [0.717, 1.165) is 14.7 Å². The third-order valence-corrected chi connectivity index (χ3v) is 3.99. The van der Waals surface area contributed by atoms with Gasteiger partial charge < -0.3 is 4.74 Å². The van der Waals surface area contributed by atoms with Crippen LogP contribution in [-0.2, 0) is 0 Å². The van der Waals surface area contributed by atoms with Crippen molar-refractivity contribution < 1.29 is 4.74 Å². The Morgan fingerprint density at radius 1 is 1.33 bits per heavy atom. The Bertz CT molecular complexity index is 289. The molecule has 0 radical (unpaired) electrons. The number of hydrogen-bond donors (Lipinski definition) is 0. The number of rotatable bonds is 2. The average molecular weight is 314 g/mol. The van der Waals surface area contributed by atoms with E-state index in [0.29, 0.717) is 11.6 Å². The molecule has 0 spiro atoms. The second kappa shape index (κ2) is 4.49. The summed E-state index contributed by atoms with van der Waals surface area (Å²) >= 11 is 12.6. The topological polar surface area (TPSA) is 9.23 Å². The largest absolute Gasteiger partial charge is 0.493 e. The van der Waals surface area contributed by atoms with Crippen molar-refractivity contribution in [3.05, 3.63) is 26.1 Å². The molecule has 0 saturated carbocycles. The van der Waals surface area contributed by atoms with Crippen LogP contribution in [0.15, 0.2) is 21.1 Å². The molecule has 0 N–H and O–H groups in total. The Hall–Kier alpha value is 0.270. The molecule has 0 aliphatic carbocycles. The van der Waals surface area contributed by atoms with Gasteiger partial charge in [0.05, 0.1) is 20.6 Å². The van der Waals surface area contributed by atoms with E-state index in [1.165, 1.54) is 0 Å². The van der Waals surface area contributed by atoms with Gasteiger partial charge in [0.1, 0.15) is 5.75 Å². The SMILES string of the molecule is CCOc1ccc(Cl)c(Br)c1Br. The lowest BCUT2D eigenvalue weighted by Crippen LogP contribution is -1.92. The van der Waals surface area contributed by atoms with E-state index in [2.05, 4.69) is 31.9 Å². The highest BCUT2D eigenvalue weighted by molar-refractivity contribution is 9.13. The molecule has 1 aromatic rings. The molecule has 0 aliphatic rings. The zero-order valence-electron chi connectivity index (χ0n) is 6.40. The normalized spacial score (nSPS) is 10.0. The first-order valence-electron chi connectivity index (χ1n) is 3.43. The summed E-state index contributed by atoms with van der Waals surface area (Å²) in [7, 11) is 0. The van der Waals surface area contributed by atoms with Crippen molar-refractivity contribution in [3.63, 3.8) is 0 Å². The minimum atomic E-state index is 0.646. The molecule has 1 nitrogen and oxygen atoms in total. The molecule has 0 bridgehead atoms. The number of benzene rings is 1. The Kier molecular flexibility index (Phi) is 3.87. The zero-order chi connectivity index (χ0) is 9.14. The van der Waals surface area contributed by atoms with E-state index in [4.69, 9.17) is 16.3 Å². The van der Waals surface area contributed by atoms with Crippen LogP contribution in [0.1, 0.15) is 6.92 Å². The maximum atomic E-state index is 5.85. The van der Waals surface area contributed by atoms with E-state index >= 15 is 0 Å². The summed E-state index contributed by atoms with van der Waals surface area (Å²) in [5, 5.41) is 0.672. The minimum Gasteiger partial charge on any atom is -0.493 e. The van der Waals surface area contributed by atoms with Crippen molar-refractivity contribution in [1.29, 1.82) is 0 Å². The quantitative estimate of drug-likeness (QED) is 0.741. The maximum Gasteiger partial charge on any atom is 0.134 e. The molecular weight excluding hydrogens is 307 g/mol. The standard InChI is InChI=1S/C8H7Br2ClO/c1-2-12-6-4-3-5(11)7(9)8(6)10/h3-4H,2H2,1H3. The molecule has 0 unspecified atom stereocenters. The number of hydrogen-bond acceptors (Lipinski definition) is 1. The Balaban J connectivity index is 3.08. The van der Waals surface area contributed by atoms with Gasteiger partial charge in [-0.15, -0.1) is 0 Å². The first-order chi connectivity index (χ1) is 5.66. The maximum absolute atomic E-state index is 5.85. The fraction of sp³-hybridized carbons (Fsp3) is 0.250. The van der Waals surface area contributed by atoms with Gasteiger partial charge in [-0.3, -0.25) is 0 Å². The van der Waals surface area contributed by atoms with Gasteiger partial charge in [-0.05, 0) is 50.9 Å². The Morgan fingerprint density at radius 2 is 2.00 bits per heavy atom. The van der Waals surface area contributed by atoms with Crippen LogP contribution in [0.25, 0.3) is 0 Å². The molecule has 66 valence electrons. The van der Waals surface area contributed by atoms with Gasteiger partial charge in [0.25, 0.3) is 0 Å². The summed E-state index contributed by atoms with van der Waals surface area (Å²) in [4.78, 5) is 0. The van der Waals surface area contributed by atoms with Crippen molar-refractivity contribution in [1.82, 2.24) is 0 Å². The molecule has 0 amide bonds. The third kappa shape index (κ3) is 2.15. The van der Waals surface area contributed by atoms with E-state index in [9.17, 15) is 0 Å². The van der Waals surface area contributed by atoms with Crippen LogP contribution in [0.3, 0.4) is 0 Å². The fourth-order valence-corrected chi connectivity index (χ4v) is 1.83. The van der Waals surface area contributed by atoms with Gasteiger partial charge in [-0.25, -0.2) is 0 Å². The Labute approximate surface area is 93.3 Å². The lowest BCUT2D eigenvalue weighted by molar-refractivity contribution is 0.338. The zero-order valence-corrected chi connectivity index (χ0v) is 10.3. The molecule has 4 heteroatoms. The highest BCUT2D eigenvalue weighted by Gasteiger charge is 2.07. The number of ether oxygens (including phenoxy) is 1. The van der Waals surface area contributed by atoms with E-state index in [1.54, 1.807) is 6.07 Å². The summed E-state index contributed by atoms with van der Waals surface area (Å²) in [6.07, 6.45) is 0. The van der Waals surface area contributed by atoms with Crippen molar-refractivity contribution in [2.24, 2.45) is 0 Å². The minimum absolute atomic E-state index is 0.646. The monoisotopic (exact) mass is 312 g/mol. The van der Waals surface area contributed by atoms with Gasteiger partial charge in [-0.1, -0.05) is 11.6 Å². The van der Waals surface area contributed by atoms with Crippen LogP contribution >= 0.6 is 43.5 Å². The molecular formula is C8H7Br2ClO. The summed E-state index contributed by atoms with van der Waals surface area (Å²) in [6, 6.07) is 3.63.